The maximum Gasteiger partial charge on any atom is 0.410 e. The molecule has 0 aliphatic carbocycles. The number of ether oxygens (including phenoxy) is 4. The highest BCUT2D eigenvalue weighted by Gasteiger charge is 2.63. The van der Waals surface area contributed by atoms with Gasteiger partial charge in [0.2, 0.25) is 0 Å². The van der Waals surface area contributed by atoms with Crippen LogP contribution in [0.15, 0.2) is 152 Å². The minimum Gasteiger partial charge on any atom is -0.441 e. The first-order valence-corrected chi connectivity index (χ1v) is 18.9. The van der Waals surface area contributed by atoms with Gasteiger partial charge in [-0.05, 0) is 27.8 Å². The van der Waals surface area contributed by atoms with Crippen LogP contribution >= 0.6 is 0 Å². The van der Waals surface area contributed by atoms with E-state index in [2.05, 4.69) is 0 Å². The topological polar surface area (TPSA) is 110 Å². The van der Waals surface area contributed by atoms with Crippen molar-refractivity contribution in [3.8, 4) is 0 Å². The molecule has 0 radical (unpaired) electrons. The van der Waals surface area contributed by atoms with Gasteiger partial charge in [0.15, 0.2) is 6.10 Å². The molecule has 3 heterocycles. The highest BCUT2D eigenvalue weighted by molar-refractivity contribution is 7.82. The number of rotatable bonds is 14. The second-order valence-corrected chi connectivity index (χ2v) is 14.5. The Kier molecular flexibility index (Phi) is 10.1. The fourth-order valence-corrected chi connectivity index (χ4v) is 8.61. The van der Waals surface area contributed by atoms with Crippen molar-refractivity contribution in [3.05, 3.63) is 179 Å². The highest BCUT2D eigenvalue weighted by atomic mass is 32.3. The summed E-state index contributed by atoms with van der Waals surface area (Å²) in [6, 6.07) is 48.6. The lowest BCUT2D eigenvalue weighted by Crippen LogP contribution is -2.52. The number of cyclic esters (lactones) is 1. The van der Waals surface area contributed by atoms with Crippen LogP contribution in [0.4, 0.5) is 4.79 Å². The Morgan fingerprint density at radius 3 is 1.64 bits per heavy atom. The molecule has 8 rings (SSSR count). The lowest BCUT2D eigenvalue weighted by atomic mass is 9.80. The van der Waals surface area contributed by atoms with Crippen LogP contribution in [0, 0.1) is 0 Å². The largest absolute Gasteiger partial charge is 0.441 e. The average Bonchev–Trinajstić information content (AvgIpc) is 3.81. The zero-order valence-electron chi connectivity index (χ0n) is 28.8. The molecule has 272 valence electrons. The van der Waals surface area contributed by atoms with E-state index in [1.165, 1.54) is 4.90 Å². The maximum atomic E-state index is 13.4. The number of fused-ring (bicyclic) bond motifs is 3. The van der Waals surface area contributed by atoms with Crippen LogP contribution in [-0.2, 0) is 56.5 Å². The Morgan fingerprint density at radius 1 is 0.660 bits per heavy atom. The van der Waals surface area contributed by atoms with E-state index in [4.69, 9.17) is 27.3 Å². The number of benzene rings is 5. The summed E-state index contributed by atoms with van der Waals surface area (Å²) < 4.78 is 62.4. The zero-order chi connectivity index (χ0) is 36.3. The van der Waals surface area contributed by atoms with Crippen molar-refractivity contribution in [3.63, 3.8) is 0 Å². The van der Waals surface area contributed by atoms with Gasteiger partial charge in [0.25, 0.3) is 0 Å². The fraction of sp³-hybridized carbons (Fsp3) is 0.262. The first kappa shape index (κ1) is 35.2. The molecule has 0 bridgehead atoms. The average molecular weight is 734 g/mol. The van der Waals surface area contributed by atoms with E-state index in [9.17, 15) is 13.2 Å². The Morgan fingerprint density at radius 2 is 1.13 bits per heavy atom. The second kappa shape index (κ2) is 15.2. The van der Waals surface area contributed by atoms with Crippen molar-refractivity contribution >= 4 is 16.5 Å². The third-order valence-electron chi connectivity index (χ3n) is 10.0. The molecule has 11 heteroatoms. The lowest BCUT2D eigenvalue weighted by molar-refractivity contribution is -0.164. The molecule has 10 nitrogen and oxygen atoms in total. The summed E-state index contributed by atoms with van der Waals surface area (Å²) in [7, 11) is -4.24. The fourth-order valence-electron chi connectivity index (χ4n) is 7.58. The van der Waals surface area contributed by atoms with Crippen molar-refractivity contribution in [2.45, 2.75) is 55.4 Å². The predicted molar refractivity (Wildman–Crippen MR) is 195 cm³/mol. The minimum absolute atomic E-state index is 0.000470. The van der Waals surface area contributed by atoms with E-state index < -0.39 is 58.7 Å². The van der Waals surface area contributed by atoms with Gasteiger partial charge in [0, 0.05) is 0 Å². The van der Waals surface area contributed by atoms with Crippen molar-refractivity contribution in [1.82, 2.24) is 4.90 Å². The molecule has 3 saturated heterocycles. The van der Waals surface area contributed by atoms with E-state index in [1.807, 2.05) is 152 Å². The number of hydrogen-bond acceptors (Lipinski definition) is 9. The molecule has 0 spiro atoms. The highest BCUT2D eigenvalue weighted by Crippen LogP contribution is 2.43. The van der Waals surface area contributed by atoms with Crippen molar-refractivity contribution < 1.29 is 40.5 Å². The monoisotopic (exact) mass is 733 g/mol. The Balaban J connectivity index is 1.21. The van der Waals surface area contributed by atoms with Crippen LogP contribution in [0.25, 0.3) is 0 Å². The van der Waals surface area contributed by atoms with Crippen molar-refractivity contribution in [1.29, 1.82) is 0 Å². The van der Waals surface area contributed by atoms with Gasteiger partial charge in [-0.3, -0.25) is 4.90 Å². The molecule has 0 saturated carbocycles. The molecule has 53 heavy (non-hydrogen) atoms. The minimum atomic E-state index is -4.24. The molecule has 0 unspecified atom stereocenters. The van der Waals surface area contributed by atoms with E-state index in [0.717, 1.165) is 27.8 Å². The molecule has 5 aromatic carbocycles. The Hall–Kier alpha value is -4.88. The molecule has 1 amide bonds. The third kappa shape index (κ3) is 7.24. The summed E-state index contributed by atoms with van der Waals surface area (Å²) in [5.74, 6) is 0. The smallest absolute Gasteiger partial charge is 0.410 e. The quantitative estimate of drug-likeness (QED) is 0.120. The van der Waals surface area contributed by atoms with E-state index >= 15 is 0 Å². The molecule has 5 aromatic rings. The van der Waals surface area contributed by atoms with E-state index in [-0.39, 0.29) is 26.4 Å². The summed E-state index contributed by atoms with van der Waals surface area (Å²) >= 11 is 0. The zero-order valence-corrected chi connectivity index (χ0v) is 29.6. The summed E-state index contributed by atoms with van der Waals surface area (Å²) in [5, 5.41) is 0. The summed E-state index contributed by atoms with van der Waals surface area (Å²) in [6.07, 6.45) is -5.23. The van der Waals surface area contributed by atoms with Gasteiger partial charge in [-0.1, -0.05) is 152 Å². The van der Waals surface area contributed by atoms with Gasteiger partial charge in [-0.2, -0.15) is 8.42 Å². The summed E-state index contributed by atoms with van der Waals surface area (Å²) in [4.78, 5) is 14.9. The number of hydrogen-bond donors (Lipinski definition) is 0. The van der Waals surface area contributed by atoms with E-state index in [0.29, 0.717) is 0 Å². The van der Waals surface area contributed by atoms with Gasteiger partial charge in [-0.25, -0.2) is 13.2 Å². The standard InChI is InChI=1S/C42H39NO9S/c44-41-43-26-35-38(52-53(45,46)51-35)37(43)40(50-41)39(48-28-31-18-8-2-9-19-31)36(47-27-30-16-6-1-7-17-30)29-49-42(32-20-10-3-11-21-32,33-22-12-4-13-23-33)34-24-14-5-15-25-34/h1-25,35-40H,26-29H2/t35-,36-,37+,38-,39+,40+/m0/s1. The molecule has 3 fully saturated rings. The van der Waals surface area contributed by atoms with Crippen molar-refractivity contribution in [2.75, 3.05) is 13.2 Å². The molecule has 3 aliphatic heterocycles. The second-order valence-electron chi connectivity index (χ2n) is 13.3. The predicted octanol–water partition coefficient (Wildman–Crippen LogP) is 6.40. The maximum absolute atomic E-state index is 13.4. The van der Waals surface area contributed by atoms with Crippen LogP contribution in [-0.4, -0.2) is 69.1 Å². The lowest BCUT2D eigenvalue weighted by Gasteiger charge is -2.39. The summed E-state index contributed by atoms with van der Waals surface area (Å²) in [6.45, 7) is 0.336. The van der Waals surface area contributed by atoms with Gasteiger partial charge >= 0.3 is 16.5 Å². The summed E-state index contributed by atoms with van der Waals surface area (Å²) in [5.41, 5.74) is 3.43. The normalized spacial score (nSPS) is 22.9. The Labute approximate surface area is 309 Å². The number of carbonyl (C=O) groups is 1. The van der Waals surface area contributed by atoms with Crippen LogP contribution in [0.1, 0.15) is 27.8 Å². The van der Waals surface area contributed by atoms with Gasteiger partial charge in [0.1, 0.15) is 36.1 Å². The molecular formula is C42H39NO9S. The number of carbonyl (C=O) groups excluding carboxylic acids is 1. The van der Waals surface area contributed by atoms with Crippen LogP contribution in [0.3, 0.4) is 0 Å². The molecule has 3 aliphatic rings. The van der Waals surface area contributed by atoms with E-state index in [1.54, 1.807) is 0 Å². The first-order valence-electron chi connectivity index (χ1n) is 17.6. The molecule has 0 N–H and O–H groups in total. The molecular weight excluding hydrogens is 695 g/mol. The van der Waals surface area contributed by atoms with Crippen LogP contribution in [0.5, 0.6) is 0 Å². The third-order valence-corrected chi connectivity index (χ3v) is 10.9. The molecule has 6 atom stereocenters. The number of amides is 1. The first-order chi connectivity index (χ1) is 25.9. The van der Waals surface area contributed by atoms with Crippen molar-refractivity contribution in [2.24, 2.45) is 0 Å². The van der Waals surface area contributed by atoms with Gasteiger partial charge < -0.3 is 18.9 Å². The Bertz CT molecular complexity index is 1980. The van der Waals surface area contributed by atoms with Crippen LogP contribution < -0.4 is 0 Å². The van der Waals surface area contributed by atoms with Crippen LogP contribution in [0.2, 0.25) is 0 Å². The number of nitrogens with zero attached hydrogens (tertiary/aromatic N) is 1. The van der Waals surface area contributed by atoms with Gasteiger partial charge in [0.05, 0.1) is 26.4 Å². The molecule has 0 aromatic heterocycles. The van der Waals surface area contributed by atoms with Gasteiger partial charge in [-0.15, -0.1) is 0 Å². The SMILES string of the molecule is O=C1O[C@@H]([C@H](OCc2ccccc2)[C@H](COC(c2ccccc2)(c2ccccc2)c2ccccc2)OCc2ccccc2)[C@H]2[C@H]3OS(=O)(=O)O[C@H]3CN12.